The summed E-state index contributed by atoms with van der Waals surface area (Å²) < 4.78 is 26.9. The van der Waals surface area contributed by atoms with Crippen molar-refractivity contribution in [2.75, 3.05) is 22.7 Å². The fraction of sp³-hybridized carbons (Fsp3) is 0.385. The van der Waals surface area contributed by atoms with Crippen LogP contribution in [0, 0.1) is 0 Å². The van der Waals surface area contributed by atoms with Crippen LogP contribution in [0.1, 0.15) is 19.3 Å². The number of H-pyrrole nitrogens is 1. The number of nitrogens with one attached hydrogen (secondary N) is 2. The van der Waals surface area contributed by atoms with Crippen molar-refractivity contribution in [1.29, 1.82) is 0 Å². The van der Waals surface area contributed by atoms with Crippen LogP contribution < -0.4 is 9.62 Å². The minimum atomic E-state index is -3.71. The molecule has 22 heavy (non-hydrogen) atoms. The van der Waals surface area contributed by atoms with Crippen LogP contribution in [0.2, 0.25) is 5.02 Å². The molecule has 0 amide bonds. The number of hydrogen-bond donors (Lipinski definition) is 2. The van der Waals surface area contributed by atoms with E-state index in [0.717, 1.165) is 25.9 Å². The third-order valence-electron chi connectivity index (χ3n) is 3.47. The third-order valence-corrected chi connectivity index (χ3v) is 5.07. The second-order valence-electron chi connectivity index (χ2n) is 5.09. The molecule has 0 atom stereocenters. The van der Waals surface area contributed by atoms with Gasteiger partial charge in [-0.05, 0) is 43.5 Å². The van der Waals surface area contributed by atoms with Gasteiger partial charge in [0.1, 0.15) is 0 Å². The van der Waals surface area contributed by atoms with E-state index in [4.69, 9.17) is 11.6 Å². The molecule has 0 spiro atoms. The molecule has 7 nitrogen and oxygen atoms in total. The molecular formula is C13H16ClN5O2S. The highest BCUT2D eigenvalue weighted by Crippen LogP contribution is 2.19. The van der Waals surface area contributed by atoms with E-state index in [0.29, 0.717) is 11.0 Å². The molecule has 2 N–H and O–H groups in total. The van der Waals surface area contributed by atoms with Crippen molar-refractivity contribution >= 4 is 33.5 Å². The number of benzene rings is 1. The van der Waals surface area contributed by atoms with Crippen LogP contribution in [0.4, 0.5) is 11.9 Å². The quantitative estimate of drug-likeness (QED) is 0.890. The SMILES string of the molecule is O=S(=O)(Nc1nc(N2CCCCC2)n[nH]1)c1ccc(Cl)cc1. The molecule has 0 saturated carbocycles. The zero-order valence-electron chi connectivity index (χ0n) is 11.8. The van der Waals surface area contributed by atoms with Crippen molar-refractivity contribution in [1.82, 2.24) is 15.2 Å². The first kappa shape index (κ1) is 15.1. The Morgan fingerprint density at radius 2 is 1.82 bits per heavy atom. The van der Waals surface area contributed by atoms with Crippen molar-refractivity contribution in [3.05, 3.63) is 29.3 Å². The topological polar surface area (TPSA) is 91.0 Å². The van der Waals surface area contributed by atoms with Crippen molar-refractivity contribution < 1.29 is 8.42 Å². The number of rotatable bonds is 4. The minimum Gasteiger partial charge on any atom is -0.340 e. The largest absolute Gasteiger partial charge is 0.340 e. The highest BCUT2D eigenvalue weighted by atomic mass is 35.5. The van der Waals surface area contributed by atoms with Gasteiger partial charge in [0.2, 0.25) is 11.9 Å². The summed E-state index contributed by atoms with van der Waals surface area (Å²) in [7, 11) is -3.71. The number of halogens is 1. The molecule has 1 aromatic heterocycles. The second-order valence-corrected chi connectivity index (χ2v) is 7.21. The summed E-state index contributed by atoms with van der Waals surface area (Å²) in [6.07, 6.45) is 3.40. The standard InChI is InChI=1S/C13H16ClN5O2S/c14-10-4-6-11(7-5-10)22(20,21)18-12-15-13(17-16-12)19-8-2-1-3-9-19/h4-7H,1-3,8-9H2,(H2,15,16,17,18). The predicted octanol–water partition coefficient (Wildman–Crippen LogP) is 2.25. The van der Waals surface area contributed by atoms with Gasteiger partial charge in [0.25, 0.3) is 10.0 Å². The van der Waals surface area contributed by atoms with Gasteiger partial charge < -0.3 is 4.90 Å². The highest BCUT2D eigenvalue weighted by Gasteiger charge is 2.19. The lowest BCUT2D eigenvalue weighted by atomic mass is 10.1. The van der Waals surface area contributed by atoms with Gasteiger partial charge in [-0.2, -0.15) is 4.98 Å². The molecule has 0 bridgehead atoms. The number of hydrogen-bond acceptors (Lipinski definition) is 5. The summed E-state index contributed by atoms with van der Waals surface area (Å²) in [5, 5.41) is 7.17. The maximum Gasteiger partial charge on any atom is 0.264 e. The van der Waals surface area contributed by atoms with E-state index in [1.54, 1.807) is 0 Å². The number of aromatic amines is 1. The molecule has 0 aliphatic carbocycles. The smallest absolute Gasteiger partial charge is 0.264 e. The van der Waals surface area contributed by atoms with Crippen molar-refractivity contribution in [2.24, 2.45) is 0 Å². The van der Waals surface area contributed by atoms with Gasteiger partial charge in [-0.3, -0.25) is 0 Å². The van der Waals surface area contributed by atoms with Gasteiger partial charge in [-0.1, -0.05) is 11.6 Å². The average Bonchev–Trinajstić information content (AvgIpc) is 2.96. The molecule has 1 aromatic carbocycles. The average molecular weight is 342 g/mol. The lowest BCUT2D eigenvalue weighted by Gasteiger charge is -2.24. The Morgan fingerprint density at radius 1 is 1.14 bits per heavy atom. The molecular weight excluding hydrogens is 326 g/mol. The molecule has 2 aromatic rings. The summed E-state index contributed by atoms with van der Waals surface area (Å²) in [5.41, 5.74) is 0. The summed E-state index contributed by atoms with van der Waals surface area (Å²) in [6.45, 7) is 1.78. The lowest BCUT2D eigenvalue weighted by Crippen LogP contribution is -2.30. The van der Waals surface area contributed by atoms with Crippen molar-refractivity contribution in [2.45, 2.75) is 24.2 Å². The van der Waals surface area contributed by atoms with E-state index in [1.807, 2.05) is 4.90 Å². The maximum atomic E-state index is 12.2. The van der Waals surface area contributed by atoms with E-state index >= 15 is 0 Å². The summed E-state index contributed by atoms with van der Waals surface area (Å²) in [6, 6.07) is 5.92. The fourth-order valence-corrected chi connectivity index (χ4v) is 3.42. The molecule has 118 valence electrons. The van der Waals surface area contributed by atoms with Crippen LogP contribution in [-0.4, -0.2) is 36.7 Å². The zero-order chi connectivity index (χ0) is 15.6. The molecule has 2 heterocycles. The van der Waals surface area contributed by atoms with E-state index in [9.17, 15) is 8.42 Å². The van der Waals surface area contributed by atoms with Gasteiger partial charge in [0.05, 0.1) is 4.90 Å². The van der Waals surface area contributed by atoms with Crippen LogP contribution >= 0.6 is 11.6 Å². The number of sulfonamides is 1. The van der Waals surface area contributed by atoms with Crippen LogP contribution in [0.25, 0.3) is 0 Å². The molecule has 0 unspecified atom stereocenters. The maximum absolute atomic E-state index is 12.2. The molecule has 1 fully saturated rings. The van der Waals surface area contributed by atoms with E-state index in [-0.39, 0.29) is 10.8 Å². The number of anilines is 2. The van der Waals surface area contributed by atoms with Gasteiger partial charge in [0.15, 0.2) is 0 Å². The van der Waals surface area contributed by atoms with E-state index in [1.165, 1.54) is 30.7 Å². The van der Waals surface area contributed by atoms with Gasteiger partial charge in [-0.25, -0.2) is 18.2 Å². The van der Waals surface area contributed by atoms with Crippen LogP contribution in [-0.2, 0) is 10.0 Å². The van der Waals surface area contributed by atoms with Gasteiger partial charge >= 0.3 is 0 Å². The van der Waals surface area contributed by atoms with Gasteiger partial charge in [0, 0.05) is 18.1 Å². The van der Waals surface area contributed by atoms with Gasteiger partial charge in [-0.15, -0.1) is 5.10 Å². The Kier molecular flexibility index (Phi) is 4.21. The molecule has 3 rings (SSSR count). The number of nitrogens with zero attached hydrogens (tertiary/aromatic N) is 3. The lowest BCUT2D eigenvalue weighted by molar-refractivity contribution is 0.569. The Balaban J connectivity index is 1.75. The number of aromatic nitrogens is 3. The van der Waals surface area contributed by atoms with Crippen molar-refractivity contribution in [3.8, 4) is 0 Å². The molecule has 0 radical (unpaired) electrons. The van der Waals surface area contributed by atoms with Crippen LogP contribution in [0.15, 0.2) is 29.2 Å². The van der Waals surface area contributed by atoms with Crippen LogP contribution in [0.3, 0.4) is 0 Å². The molecule has 9 heteroatoms. The van der Waals surface area contributed by atoms with E-state index < -0.39 is 10.0 Å². The first-order valence-corrected chi connectivity index (χ1v) is 8.86. The highest BCUT2D eigenvalue weighted by molar-refractivity contribution is 7.92. The normalized spacial score (nSPS) is 15.8. The fourth-order valence-electron chi connectivity index (χ4n) is 2.33. The van der Waals surface area contributed by atoms with E-state index in [2.05, 4.69) is 19.9 Å². The number of piperidine rings is 1. The zero-order valence-corrected chi connectivity index (χ0v) is 13.4. The Hall–Kier alpha value is -1.80. The minimum absolute atomic E-state index is 0.107. The third kappa shape index (κ3) is 3.33. The Bertz CT molecular complexity index is 738. The summed E-state index contributed by atoms with van der Waals surface area (Å²) in [5.74, 6) is 0.629. The molecule has 1 saturated heterocycles. The summed E-state index contributed by atoms with van der Waals surface area (Å²) >= 11 is 5.76. The predicted molar refractivity (Wildman–Crippen MR) is 84.7 cm³/mol. The molecule has 1 aliphatic rings. The summed E-state index contributed by atoms with van der Waals surface area (Å²) in [4.78, 5) is 6.37. The molecule has 1 aliphatic heterocycles. The van der Waals surface area contributed by atoms with Crippen LogP contribution in [0.5, 0.6) is 0 Å². The first-order valence-electron chi connectivity index (χ1n) is 7.00. The first-order chi connectivity index (χ1) is 10.5. The Morgan fingerprint density at radius 3 is 2.50 bits per heavy atom. The Labute approximate surface area is 133 Å². The second kappa shape index (κ2) is 6.13. The monoisotopic (exact) mass is 341 g/mol. The van der Waals surface area contributed by atoms with Crippen molar-refractivity contribution in [3.63, 3.8) is 0 Å².